The van der Waals surface area contributed by atoms with E-state index in [-0.39, 0.29) is 22.2 Å². The van der Waals surface area contributed by atoms with Crippen LogP contribution < -0.4 is 9.83 Å². The quantitative estimate of drug-likeness (QED) is 0.163. The van der Waals surface area contributed by atoms with Crippen molar-refractivity contribution in [1.82, 2.24) is 4.72 Å². The number of halogens is 4. The van der Waals surface area contributed by atoms with Crippen LogP contribution in [0.25, 0.3) is 0 Å². The lowest BCUT2D eigenvalue weighted by molar-refractivity contribution is -0.938. The molecule has 0 aromatic heterocycles. The van der Waals surface area contributed by atoms with Crippen molar-refractivity contribution in [3.63, 3.8) is 0 Å². The lowest BCUT2D eigenvalue weighted by Gasteiger charge is -2.51. The Morgan fingerprint density at radius 3 is 1.98 bits per heavy atom. The molecule has 9 nitrogen and oxygen atoms in total. The highest BCUT2D eigenvalue weighted by molar-refractivity contribution is 7.89. The highest BCUT2D eigenvalue weighted by atomic mass is 32.2. The lowest BCUT2D eigenvalue weighted by atomic mass is 9.82. The number of benzene rings is 3. The predicted molar refractivity (Wildman–Crippen MR) is 150 cm³/mol. The van der Waals surface area contributed by atoms with E-state index in [2.05, 4.69) is 4.72 Å². The van der Waals surface area contributed by atoms with Crippen molar-refractivity contribution < 1.29 is 54.7 Å². The maximum atomic E-state index is 13.6. The summed E-state index contributed by atoms with van der Waals surface area (Å²) in [4.78, 5) is 35.3. The summed E-state index contributed by atoms with van der Waals surface area (Å²) >= 11 is 0. The minimum atomic E-state index is -5.19. The second kappa shape index (κ2) is 13.9. The number of aliphatic carboxylic acids is 1. The molecule has 2 atom stereocenters. The average Bonchev–Trinajstić information content (AvgIpc) is 3.01. The van der Waals surface area contributed by atoms with Crippen LogP contribution in [0.2, 0.25) is 0 Å². The number of carbonyl (C=O) groups excluding carboxylic acids is 3. The van der Waals surface area contributed by atoms with E-state index in [1.54, 1.807) is 30.3 Å². The molecule has 0 amide bonds. The van der Waals surface area contributed by atoms with Crippen LogP contribution in [0.5, 0.6) is 0 Å². The summed E-state index contributed by atoms with van der Waals surface area (Å²) in [6.45, 7) is 2.49. The van der Waals surface area contributed by atoms with Crippen molar-refractivity contribution >= 4 is 27.7 Å². The summed E-state index contributed by atoms with van der Waals surface area (Å²) in [6.07, 6.45) is -4.01. The first-order valence-electron chi connectivity index (χ1n) is 13.9. The van der Waals surface area contributed by atoms with Gasteiger partial charge in [-0.15, -0.1) is 0 Å². The van der Waals surface area contributed by atoms with E-state index in [0.717, 1.165) is 25.9 Å². The largest absolute Gasteiger partial charge is 0.542 e. The summed E-state index contributed by atoms with van der Waals surface area (Å²) in [7, 11) is -4.07. The first-order valence-corrected chi connectivity index (χ1v) is 15.4. The van der Waals surface area contributed by atoms with Crippen molar-refractivity contribution in [3.8, 4) is 0 Å². The van der Waals surface area contributed by atoms with E-state index in [4.69, 9.17) is 14.6 Å². The molecule has 3 fully saturated rings. The Morgan fingerprint density at radius 2 is 1.44 bits per heavy atom. The Balaban J connectivity index is 0.000000591. The van der Waals surface area contributed by atoms with Crippen LogP contribution in [0.3, 0.4) is 0 Å². The zero-order chi connectivity index (χ0) is 32.8. The highest BCUT2D eigenvalue weighted by Crippen LogP contribution is 2.36. The van der Waals surface area contributed by atoms with Crippen LogP contribution in [0.15, 0.2) is 89.8 Å². The van der Waals surface area contributed by atoms with Gasteiger partial charge in [-0.3, -0.25) is 4.79 Å². The second-order valence-corrected chi connectivity index (χ2v) is 12.6. The number of alkyl halides is 3. The molecule has 1 unspecified atom stereocenters. The zero-order valence-electron chi connectivity index (χ0n) is 23.8. The van der Waals surface area contributed by atoms with Crippen LogP contribution in [0.1, 0.15) is 34.8 Å². The van der Waals surface area contributed by atoms with E-state index in [9.17, 15) is 35.6 Å². The van der Waals surface area contributed by atoms with E-state index in [0.29, 0.717) is 23.1 Å². The zero-order valence-corrected chi connectivity index (χ0v) is 24.6. The third-order valence-electron chi connectivity index (χ3n) is 7.88. The Bertz CT molecular complexity index is 1590. The van der Waals surface area contributed by atoms with Gasteiger partial charge in [0.2, 0.25) is 15.8 Å². The van der Waals surface area contributed by atoms with Crippen molar-refractivity contribution in [2.45, 2.75) is 36.1 Å². The van der Waals surface area contributed by atoms with Crippen LogP contribution in [-0.2, 0) is 24.3 Å². The number of sulfonamides is 1. The normalized spacial score (nSPS) is 21.6. The Hall–Kier alpha value is -4.14. The fourth-order valence-electron chi connectivity index (χ4n) is 5.54. The third kappa shape index (κ3) is 8.74. The standard InChI is InChI=1S/C29H30FN2O5S.C2HF3O2/c30-24-13-11-23(12-14-24)28(31-38(35,36)25-9-5-2-6-10-25)29(34)37-27-20-32(17-15-22(27)16-18-32)19-26(33)21-7-3-1-4-8-21;3-2(4,5)1(6)7/h1-14,22,27-28,31H,15-20H2;(H,6,7)/q+1;/p-1/t22?,27-,28?,32?;/m0./s1. The minimum Gasteiger partial charge on any atom is -0.542 e. The number of nitrogens with one attached hydrogen (secondary N) is 1. The molecule has 45 heavy (non-hydrogen) atoms. The summed E-state index contributed by atoms with van der Waals surface area (Å²) in [5.74, 6) is -4.06. The Kier molecular flexibility index (Phi) is 10.4. The van der Waals surface area contributed by atoms with Crippen LogP contribution in [0, 0.1) is 11.7 Å². The van der Waals surface area contributed by atoms with Gasteiger partial charge >= 0.3 is 12.1 Å². The molecule has 3 aromatic rings. The summed E-state index contributed by atoms with van der Waals surface area (Å²) in [5.41, 5.74) is 0.938. The minimum absolute atomic E-state index is 0.00618. The molecule has 0 radical (unpaired) electrons. The number of carboxylic acids is 1. The molecule has 3 aliphatic rings. The molecule has 240 valence electrons. The number of rotatable bonds is 9. The molecular weight excluding hydrogens is 620 g/mol. The van der Waals surface area contributed by atoms with Gasteiger partial charge in [-0.05, 0) is 29.8 Å². The molecule has 0 aliphatic carbocycles. The lowest BCUT2D eigenvalue weighted by Crippen LogP contribution is -2.66. The molecule has 3 heterocycles. The van der Waals surface area contributed by atoms with Crippen molar-refractivity contribution in [2.75, 3.05) is 26.2 Å². The number of hydrogen-bond donors (Lipinski definition) is 1. The van der Waals surface area contributed by atoms with Gasteiger partial charge in [-0.1, -0.05) is 60.7 Å². The number of carboxylic acid groups (broad SMARTS) is 1. The number of ketones is 1. The molecule has 14 heteroatoms. The third-order valence-corrected chi connectivity index (χ3v) is 9.32. The number of Topliss-reactive ketones (excluding diaryl/α,β-unsaturated/α-hetero) is 1. The SMILES string of the molecule is O=C(C[N+]12CCC(CC1)[C@@H](OC(=O)C(NS(=O)(=O)c1ccccc1)c1ccc(F)cc1)C2)c1ccccc1.O=C([O-])C(F)(F)F. The summed E-state index contributed by atoms with van der Waals surface area (Å²) < 4.78 is 80.3. The molecule has 3 aromatic carbocycles. The monoisotopic (exact) mass is 650 g/mol. The van der Waals surface area contributed by atoms with Crippen LogP contribution in [0.4, 0.5) is 17.6 Å². The fourth-order valence-corrected chi connectivity index (χ4v) is 6.74. The smallest absolute Gasteiger partial charge is 0.430 e. The average molecular weight is 651 g/mol. The molecular formula is C31H30F4N2O7S. The molecule has 2 bridgehead atoms. The second-order valence-electron chi connectivity index (χ2n) is 10.9. The number of quaternary nitrogens is 1. The van der Waals surface area contributed by atoms with Gasteiger partial charge in [-0.25, -0.2) is 17.6 Å². The maximum absolute atomic E-state index is 13.6. The van der Waals surface area contributed by atoms with Crippen molar-refractivity contribution in [1.29, 1.82) is 0 Å². The predicted octanol–water partition coefficient (Wildman–Crippen LogP) is 3.18. The van der Waals surface area contributed by atoms with Gasteiger partial charge in [-0.2, -0.15) is 17.9 Å². The molecule has 3 saturated heterocycles. The van der Waals surface area contributed by atoms with Crippen molar-refractivity contribution in [2.24, 2.45) is 5.92 Å². The van der Waals surface area contributed by atoms with E-state index in [1.165, 1.54) is 36.4 Å². The van der Waals surface area contributed by atoms with E-state index >= 15 is 0 Å². The molecule has 6 rings (SSSR count). The topological polar surface area (TPSA) is 130 Å². The first kappa shape index (κ1) is 33.7. The maximum Gasteiger partial charge on any atom is 0.430 e. The van der Waals surface area contributed by atoms with Crippen LogP contribution in [-0.4, -0.2) is 69.1 Å². The number of hydrogen-bond acceptors (Lipinski definition) is 7. The van der Waals surface area contributed by atoms with Gasteiger partial charge in [0.15, 0.2) is 6.10 Å². The number of fused-ring (bicyclic) bond motifs is 3. The number of ether oxygens (including phenoxy) is 1. The molecule has 3 aliphatic heterocycles. The number of nitrogens with zero attached hydrogens (tertiary/aromatic N) is 1. The van der Waals surface area contributed by atoms with E-state index in [1.807, 2.05) is 18.2 Å². The summed E-state index contributed by atoms with van der Waals surface area (Å²) in [5, 5.41) is 8.78. The number of esters is 1. The first-order chi connectivity index (χ1) is 21.2. The van der Waals surface area contributed by atoms with Gasteiger partial charge in [0, 0.05) is 24.3 Å². The van der Waals surface area contributed by atoms with Gasteiger partial charge in [0.1, 0.15) is 30.9 Å². The molecule has 1 N–H and O–H groups in total. The summed E-state index contributed by atoms with van der Waals surface area (Å²) in [6, 6.07) is 20.6. The van der Waals surface area contributed by atoms with Gasteiger partial charge in [0.05, 0.1) is 18.0 Å². The fraction of sp³-hybridized carbons (Fsp3) is 0.323. The Labute approximate surface area is 257 Å². The van der Waals surface area contributed by atoms with Gasteiger partial charge in [0.25, 0.3) is 0 Å². The van der Waals surface area contributed by atoms with E-state index < -0.39 is 46.1 Å². The Morgan fingerprint density at radius 1 is 0.911 bits per heavy atom. The molecule has 0 spiro atoms. The number of carbonyl (C=O) groups is 3. The van der Waals surface area contributed by atoms with Crippen LogP contribution >= 0.6 is 0 Å². The highest BCUT2D eigenvalue weighted by Gasteiger charge is 2.49. The number of piperidine rings is 3. The van der Waals surface area contributed by atoms with Gasteiger partial charge < -0.3 is 19.1 Å². The molecule has 0 saturated carbocycles. The van der Waals surface area contributed by atoms with Crippen molar-refractivity contribution in [3.05, 3.63) is 102 Å².